The van der Waals surface area contributed by atoms with Crippen molar-refractivity contribution in [2.45, 2.75) is 38.2 Å². The molecule has 2 saturated heterocycles. The first kappa shape index (κ1) is 16.7. The monoisotopic (exact) mass is 334 g/mol. The first-order valence-corrected chi connectivity index (χ1v) is 9.67. The summed E-state index contributed by atoms with van der Waals surface area (Å²) in [5, 5.41) is 13.5. The van der Waals surface area contributed by atoms with Crippen LogP contribution in [-0.2, 0) is 0 Å². The van der Waals surface area contributed by atoms with E-state index in [1.165, 1.54) is 12.8 Å². The van der Waals surface area contributed by atoms with Gasteiger partial charge in [0, 0.05) is 25.3 Å². The Kier molecular flexibility index (Phi) is 5.17. The Morgan fingerprint density at radius 3 is 2.70 bits per heavy atom. The van der Waals surface area contributed by atoms with Crippen LogP contribution < -0.4 is 10.2 Å². The third kappa shape index (κ3) is 4.01. The summed E-state index contributed by atoms with van der Waals surface area (Å²) in [4.78, 5) is 15.0. The second kappa shape index (κ2) is 7.14. The fourth-order valence-corrected chi connectivity index (χ4v) is 4.59. The predicted molar refractivity (Wildman–Crippen MR) is 96.5 cm³/mol. The molecule has 0 aliphatic carbocycles. The number of benzene rings is 1. The maximum absolute atomic E-state index is 12.7. The van der Waals surface area contributed by atoms with Crippen molar-refractivity contribution in [2.75, 3.05) is 36.0 Å². The van der Waals surface area contributed by atoms with Crippen LogP contribution in [0.4, 0.5) is 5.69 Å². The van der Waals surface area contributed by atoms with Gasteiger partial charge in [0.25, 0.3) is 5.91 Å². The van der Waals surface area contributed by atoms with Crippen LogP contribution in [0.2, 0.25) is 0 Å². The SMILES string of the molecule is Cc1ccc(N2CCCC2)c(C(=O)NCC2(O)CCSCC2)c1. The molecule has 126 valence electrons. The van der Waals surface area contributed by atoms with Crippen LogP contribution >= 0.6 is 11.8 Å². The summed E-state index contributed by atoms with van der Waals surface area (Å²) in [5.74, 6) is 1.87. The van der Waals surface area contributed by atoms with Gasteiger partial charge in [0.1, 0.15) is 0 Å². The highest BCUT2D eigenvalue weighted by Crippen LogP contribution is 2.28. The number of anilines is 1. The molecular weight excluding hydrogens is 308 g/mol. The van der Waals surface area contributed by atoms with Gasteiger partial charge in [-0.3, -0.25) is 4.79 Å². The Balaban J connectivity index is 1.72. The molecule has 0 atom stereocenters. The van der Waals surface area contributed by atoms with Crippen molar-refractivity contribution in [3.8, 4) is 0 Å². The van der Waals surface area contributed by atoms with Gasteiger partial charge in [0.05, 0.1) is 11.2 Å². The Hall–Kier alpha value is -1.20. The van der Waals surface area contributed by atoms with Crippen molar-refractivity contribution in [1.82, 2.24) is 5.32 Å². The minimum absolute atomic E-state index is 0.0674. The van der Waals surface area contributed by atoms with E-state index < -0.39 is 5.60 Å². The molecule has 4 nitrogen and oxygen atoms in total. The molecule has 23 heavy (non-hydrogen) atoms. The Morgan fingerprint density at radius 2 is 2.00 bits per heavy atom. The van der Waals surface area contributed by atoms with E-state index in [1.54, 1.807) is 0 Å². The zero-order chi connectivity index (χ0) is 16.3. The van der Waals surface area contributed by atoms with Crippen LogP contribution in [0.1, 0.15) is 41.6 Å². The molecule has 0 radical (unpaired) electrons. The Bertz CT molecular complexity index is 564. The predicted octanol–water partition coefficient (Wildman–Crippen LogP) is 2.58. The van der Waals surface area contributed by atoms with Gasteiger partial charge in [-0.15, -0.1) is 0 Å². The van der Waals surface area contributed by atoms with Gasteiger partial charge in [-0.1, -0.05) is 11.6 Å². The Labute approximate surface area is 142 Å². The molecule has 2 fully saturated rings. The number of aliphatic hydroxyl groups is 1. The van der Waals surface area contributed by atoms with Gasteiger partial charge >= 0.3 is 0 Å². The number of thioether (sulfide) groups is 1. The minimum Gasteiger partial charge on any atom is -0.388 e. The van der Waals surface area contributed by atoms with Gasteiger partial charge in [-0.25, -0.2) is 0 Å². The van der Waals surface area contributed by atoms with Crippen molar-refractivity contribution in [1.29, 1.82) is 0 Å². The highest BCUT2D eigenvalue weighted by Gasteiger charge is 2.30. The lowest BCUT2D eigenvalue weighted by Crippen LogP contribution is -2.45. The molecule has 0 bridgehead atoms. The molecule has 1 aromatic rings. The summed E-state index contributed by atoms with van der Waals surface area (Å²) >= 11 is 1.87. The van der Waals surface area contributed by atoms with Crippen LogP contribution in [0.25, 0.3) is 0 Å². The average Bonchev–Trinajstić information content (AvgIpc) is 3.07. The van der Waals surface area contributed by atoms with E-state index in [0.717, 1.165) is 54.3 Å². The van der Waals surface area contributed by atoms with Crippen molar-refractivity contribution in [3.05, 3.63) is 29.3 Å². The number of hydrogen-bond acceptors (Lipinski definition) is 4. The molecule has 2 N–H and O–H groups in total. The van der Waals surface area contributed by atoms with E-state index in [9.17, 15) is 9.90 Å². The van der Waals surface area contributed by atoms with Crippen LogP contribution in [0.3, 0.4) is 0 Å². The van der Waals surface area contributed by atoms with Crippen LogP contribution in [-0.4, -0.2) is 47.8 Å². The Morgan fingerprint density at radius 1 is 1.30 bits per heavy atom. The third-order valence-electron chi connectivity index (χ3n) is 4.84. The largest absolute Gasteiger partial charge is 0.388 e. The van der Waals surface area contributed by atoms with E-state index in [-0.39, 0.29) is 5.91 Å². The van der Waals surface area contributed by atoms with Crippen LogP contribution in [0.15, 0.2) is 18.2 Å². The number of nitrogens with zero attached hydrogens (tertiary/aromatic N) is 1. The van der Waals surface area contributed by atoms with Crippen molar-refractivity contribution in [3.63, 3.8) is 0 Å². The summed E-state index contributed by atoms with van der Waals surface area (Å²) < 4.78 is 0. The quantitative estimate of drug-likeness (QED) is 0.889. The number of hydrogen-bond donors (Lipinski definition) is 2. The molecule has 0 aromatic heterocycles. The van der Waals surface area contributed by atoms with E-state index >= 15 is 0 Å². The second-order valence-corrected chi connectivity index (χ2v) is 7.96. The zero-order valence-electron chi connectivity index (χ0n) is 13.8. The topological polar surface area (TPSA) is 52.6 Å². The first-order chi connectivity index (χ1) is 11.1. The average molecular weight is 334 g/mol. The van der Waals surface area contributed by atoms with E-state index in [2.05, 4.69) is 22.3 Å². The molecule has 1 amide bonds. The molecule has 0 spiro atoms. The zero-order valence-corrected chi connectivity index (χ0v) is 14.6. The third-order valence-corrected chi connectivity index (χ3v) is 5.83. The molecular formula is C18H26N2O2S. The maximum atomic E-state index is 12.7. The number of carbonyl (C=O) groups is 1. The summed E-state index contributed by atoms with van der Waals surface area (Å²) in [6.07, 6.45) is 3.88. The number of rotatable bonds is 4. The van der Waals surface area contributed by atoms with E-state index in [1.807, 2.05) is 24.8 Å². The first-order valence-electron chi connectivity index (χ1n) is 8.51. The molecule has 2 aliphatic rings. The number of carbonyl (C=O) groups excluding carboxylic acids is 1. The lowest BCUT2D eigenvalue weighted by molar-refractivity contribution is 0.0311. The van der Waals surface area contributed by atoms with Crippen LogP contribution in [0, 0.1) is 6.92 Å². The second-order valence-electron chi connectivity index (χ2n) is 6.73. The van der Waals surface area contributed by atoms with Crippen LogP contribution in [0.5, 0.6) is 0 Å². The maximum Gasteiger partial charge on any atom is 0.253 e. The fraction of sp³-hybridized carbons (Fsp3) is 0.611. The molecule has 5 heteroatoms. The lowest BCUT2D eigenvalue weighted by atomic mass is 9.96. The van der Waals surface area contributed by atoms with Gasteiger partial charge in [0.15, 0.2) is 0 Å². The standard InChI is InChI=1S/C18H26N2O2S/c1-14-4-5-16(20-8-2-3-9-20)15(12-14)17(21)19-13-18(22)6-10-23-11-7-18/h4-5,12,22H,2-3,6-11,13H2,1H3,(H,19,21). The van der Waals surface area contributed by atoms with Gasteiger partial charge in [-0.2, -0.15) is 11.8 Å². The molecule has 2 heterocycles. The summed E-state index contributed by atoms with van der Waals surface area (Å²) in [5.41, 5.74) is 2.11. The highest BCUT2D eigenvalue weighted by atomic mass is 32.2. The van der Waals surface area contributed by atoms with Gasteiger partial charge in [-0.05, 0) is 56.2 Å². The number of nitrogens with one attached hydrogen (secondary N) is 1. The summed E-state index contributed by atoms with van der Waals surface area (Å²) in [7, 11) is 0. The molecule has 3 rings (SSSR count). The number of aryl methyl sites for hydroxylation is 1. The van der Waals surface area contributed by atoms with E-state index in [0.29, 0.717) is 6.54 Å². The normalized spacial score (nSPS) is 20.5. The summed E-state index contributed by atoms with van der Waals surface area (Å²) in [6.45, 7) is 4.39. The smallest absolute Gasteiger partial charge is 0.253 e. The number of amides is 1. The van der Waals surface area contributed by atoms with Crippen molar-refractivity contribution in [2.24, 2.45) is 0 Å². The molecule has 0 unspecified atom stereocenters. The van der Waals surface area contributed by atoms with Crippen molar-refractivity contribution >= 4 is 23.4 Å². The summed E-state index contributed by atoms with van der Waals surface area (Å²) in [6, 6.07) is 6.08. The molecule has 2 aliphatic heterocycles. The fourth-order valence-electron chi connectivity index (χ4n) is 3.33. The minimum atomic E-state index is -0.738. The van der Waals surface area contributed by atoms with Gasteiger partial charge < -0.3 is 15.3 Å². The lowest BCUT2D eigenvalue weighted by Gasteiger charge is -2.32. The highest BCUT2D eigenvalue weighted by molar-refractivity contribution is 7.99. The van der Waals surface area contributed by atoms with E-state index in [4.69, 9.17) is 0 Å². The van der Waals surface area contributed by atoms with Crippen molar-refractivity contribution < 1.29 is 9.90 Å². The molecule has 1 aromatic carbocycles. The van der Waals surface area contributed by atoms with Gasteiger partial charge in [0.2, 0.25) is 0 Å². The molecule has 0 saturated carbocycles.